The van der Waals surface area contributed by atoms with Gasteiger partial charge in [-0.15, -0.1) is 0 Å². The van der Waals surface area contributed by atoms with Gasteiger partial charge in [-0.3, -0.25) is 4.68 Å². The molecule has 7 nitrogen and oxygen atoms in total. The van der Waals surface area contributed by atoms with Gasteiger partial charge in [-0.25, -0.2) is 14.4 Å². The summed E-state index contributed by atoms with van der Waals surface area (Å²) in [5, 5.41) is 8.17. The second kappa shape index (κ2) is 6.29. The number of hydrogen-bond donors (Lipinski definition) is 1. The lowest BCUT2D eigenvalue weighted by molar-refractivity contribution is -0.140. The molecular formula is C17H13F4N7. The zero-order chi connectivity index (χ0) is 20.1. The van der Waals surface area contributed by atoms with Gasteiger partial charge in [0, 0.05) is 24.3 Å². The predicted octanol–water partition coefficient (Wildman–Crippen LogP) is 3.44. The minimum Gasteiger partial charge on any atom is -0.383 e. The summed E-state index contributed by atoms with van der Waals surface area (Å²) < 4.78 is 57.1. The van der Waals surface area contributed by atoms with Crippen LogP contribution < -0.4 is 5.73 Å². The van der Waals surface area contributed by atoms with E-state index < -0.39 is 23.3 Å². The average molecular weight is 391 g/mol. The first kappa shape index (κ1) is 17.9. The molecule has 0 aliphatic heterocycles. The van der Waals surface area contributed by atoms with Crippen LogP contribution in [0.1, 0.15) is 12.6 Å². The zero-order valence-electron chi connectivity index (χ0n) is 14.4. The summed E-state index contributed by atoms with van der Waals surface area (Å²) in [6.45, 7) is 2.08. The van der Waals surface area contributed by atoms with Gasteiger partial charge in [-0.05, 0) is 31.2 Å². The van der Waals surface area contributed by atoms with E-state index in [1.54, 1.807) is 6.92 Å². The van der Waals surface area contributed by atoms with Gasteiger partial charge >= 0.3 is 6.18 Å². The SMILES string of the molecule is CCn1nc(-c2c(C(F)(F)F)nn(-c3ncccn3)c2N)c2ccc(F)cc21. The molecule has 2 N–H and O–H groups in total. The van der Waals surface area contributed by atoms with Crippen molar-refractivity contribution < 1.29 is 17.6 Å². The highest BCUT2D eigenvalue weighted by Crippen LogP contribution is 2.42. The van der Waals surface area contributed by atoms with E-state index >= 15 is 0 Å². The van der Waals surface area contributed by atoms with E-state index in [0.717, 1.165) is 10.7 Å². The normalized spacial score (nSPS) is 12.0. The zero-order valence-corrected chi connectivity index (χ0v) is 14.4. The van der Waals surface area contributed by atoms with Crippen LogP contribution in [0.25, 0.3) is 28.1 Å². The van der Waals surface area contributed by atoms with Crippen LogP contribution in [0, 0.1) is 5.82 Å². The maximum Gasteiger partial charge on any atom is 0.435 e. The third kappa shape index (κ3) is 2.75. The number of nitrogens with zero attached hydrogens (tertiary/aromatic N) is 6. The minimum absolute atomic E-state index is 0.0381. The molecule has 28 heavy (non-hydrogen) atoms. The van der Waals surface area contributed by atoms with E-state index in [1.165, 1.54) is 35.3 Å². The summed E-state index contributed by atoms with van der Waals surface area (Å²) in [7, 11) is 0. The molecule has 4 rings (SSSR count). The second-order valence-electron chi connectivity index (χ2n) is 5.89. The van der Waals surface area contributed by atoms with Gasteiger partial charge in [-0.1, -0.05) is 0 Å². The Morgan fingerprint density at radius 2 is 1.82 bits per heavy atom. The van der Waals surface area contributed by atoms with Crippen molar-refractivity contribution in [2.75, 3.05) is 5.73 Å². The maximum absolute atomic E-state index is 13.7. The van der Waals surface area contributed by atoms with E-state index in [1.807, 2.05) is 0 Å². The molecule has 144 valence electrons. The van der Waals surface area contributed by atoms with E-state index in [-0.39, 0.29) is 17.5 Å². The van der Waals surface area contributed by atoms with Crippen LogP contribution in [0.2, 0.25) is 0 Å². The fourth-order valence-electron chi connectivity index (χ4n) is 2.99. The van der Waals surface area contributed by atoms with Gasteiger partial charge in [0.1, 0.15) is 17.3 Å². The van der Waals surface area contributed by atoms with Crippen LogP contribution in [0.5, 0.6) is 0 Å². The third-order valence-corrected chi connectivity index (χ3v) is 4.18. The Morgan fingerprint density at radius 3 is 2.46 bits per heavy atom. The molecule has 1 aromatic carbocycles. The van der Waals surface area contributed by atoms with Crippen molar-refractivity contribution >= 4 is 16.7 Å². The molecule has 4 aromatic rings. The van der Waals surface area contributed by atoms with Gasteiger partial charge in [0.15, 0.2) is 5.69 Å². The lowest BCUT2D eigenvalue weighted by Gasteiger charge is -2.05. The molecule has 0 aliphatic carbocycles. The highest BCUT2D eigenvalue weighted by atomic mass is 19.4. The standard InChI is InChI=1S/C17H13F4N7/c1-2-27-11-8-9(18)4-5-10(11)13(25-27)12-14(17(19,20)21)26-28(15(12)22)16-23-6-3-7-24-16/h3-8H,2,22H2,1H3. The molecule has 0 saturated carbocycles. The van der Waals surface area contributed by atoms with Crippen LogP contribution in [0.15, 0.2) is 36.7 Å². The Bertz CT molecular complexity index is 1160. The first-order chi connectivity index (χ1) is 13.3. The third-order valence-electron chi connectivity index (χ3n) is 4.18. The number of nitrogen functional groups attached to an aromatic ring is 1. The van der Waals surface area contributed by atoms with Crippen molar-refractivity contribution in [2.24, 2.45) is 0 Å². The number of benzene rings is 1. The number of alkyl halides is 3. The molecule has 0 aliphatic rings. The smallest absolute Gasteiger partial charge is 0.383 e. The van der Waals surface area contributed by atoms with Gasteiger partial charge in [0.05, 0.1) is 11.1 Å². The van der Waals surface area contributed by atoms with Gasteiger partial charge in [0.2, 0.25) is 0 Å². The number of rotatable bonds is 3. The van der Waals surface area contributed by atoms with E-state index in [0.29, 0.717) is 17.4 Å². The monoisotopic (exact) mass is 391 g/mol. The number of aryl methyl sites for hydroxylation is 1. The molecule has 0 saturated heterocycles. The number of anilines is 1. The molecule has 11 heteroatoms. The average Bonchev–Trinajstić information content (AvgIpc) is 3.19. The molecule has 0 spiro atoms. The van der Waals surface area contributed by atoms with Crippen molar-refractivity contribution in [3.8, 4) is 17.2 Å². The van der Waals surface area contributed by atoms with Gasteiger partial charge in [-0.2, -0.15) is 28.1 Å². The van der Waals surface area contributed by atoms with Gasteiger partial charge < -0.3 is 5.73 Å². The number of aromatic nitrogens is 6. The summed E-state index contributed by atoms with van der Waals surface area (Å²) in [6, 6.07) is 5.25. The number of hydrogen-bond acceptors (Lipinski definition) is 5. The Balaban J connectivity index is 2.06. The van der Waals surface area contributed by atoms with Crippen molar-refractivity contribution in [1.29, 1.82) is 0 Å². The molecule has 0 amide bonds. The van der Waals surface area contributed by atoms with E-state index in [9.17, 15) is 17.6 Å². The predicted molar refractivity (Wildman–Crippen MR) is 92.9 cm³/mol. The topological polar surface area (TPSA) is 87.4 Å². The largest absolute Gasteiger partial charge is 0.435 e. The van der Waals surface area contributed by atoms with Crippen LogP contribution in [0.4, 0.5) is 23.4 Å². The number of fused-ring (bicyclic) bond motifs is 1. The molecule has 0 fully saturated rings. The Labute approximate surface area is 155 Å². The fourth-order valence-corrected chi connectivity index (χ4v) is 2.99. The quantitative estimate of drug-likeness (QED) is 0.541. The molecule has 3 heterocycles. The summed E-state index contributed by atoms with van der Waals surface area (Å²) in [6.07, 6.45) is -2.08. The molecule has 3 aromatic heterocycles. The lowest BCUT2D eigenvalue weighted by atomic mass is 10.1. The van der Waals surface area contributed by atoms with Crippen LogP contribution in [-0.2, 0) is 12.7 Å². The van der Waals surface area contributed by atoms with Crippen molar-refractivity contribution in [1.82, 2.24) is 29.5 Å². The summed E-state index contributed by atoms with van der Waals surface area (Å²) in [5.41, 5.74) is 4.73. The number of nitrogens with two attached hydrogens (primary N) is 1. The molecule has 0 bridgehead atoms. The van der Waals surface area contributed by atoms with Crippen molar-refractivity contribution in [2.45, 2.75) is 19.6 Å². The maximum atomic E-state index is 13.7. The summed E-state index contributed by atoms with van der Waals surface area (Å²) in [4.78, 5) is 7.80. The fraction of sp³-hybridized carbons (Fsp3) is 0.176. The Kier molecular flexibility index (Phi) is 4.02. The summed E-state index contributed by atoms with van der Waals surface area (Å²) in [5.74, 6) is -0.946. The van der Waals surface area contributed by atoms with Crippen molar-refractivity contribution in [3.63, 3.8) is 0 Å². The molecular weight excluding hydrogens is 378 g/mol. The van der Waals surface area contributed by atoms with E-state index in [2.05, 4.69) is 20.2 Å². The van der Waals surface area contributed by atoms with Crippen LogP contribution in [-0.4, -0.2) is 29.5 Å². The highest BCUT2D eigenvalue weighted by Gasteiger charge is 2.41. The second-order valence-corrected chi connectivity index (χ2v) is 5.89. The first-order valence-electron chi connectivity index (χ1n) is 8.20. The summed E-state index contributed by atoms with van der Waals surface area (Å²) >= 11 is 0. The minimum atomic E-state index is -4.80. The highest BCUT2D eigenvalue weighted by molar-refractivity contribution is 5.97. The molecule has 0 radical (unpaired) electrons. The Hall–Kier alpha value is -3.50. The first-order valence-corrected chi connectivity index (χ1v) is 8.20. The van der Waals surface area contributed by atoms with Crippen molar-refractivity contribution in [3.05, 3.63) is 48.2 Å². The Morgan fingerprint density at radius 1 is 1.11 bits per heavy atom. The molecule has 0 atom stereocenters. The van der Waals surface area contributed by atoms with Crippen LogP contribution >= 0.6 is 0 Å². The van der Waals surface area contributed by atoms with Crippen LogP contribution in [0.3, 0.4) is 0 Å². The lowest BCUT2D eigenvalue weighted by Crippen LogP contribution is -2.09. The number of halogens is 4. The molecule has 0 unspecified atom stereocenters. The van der Waals surface area contributed by atoms with E-state index in [4.69, 9.17) is 5.73 Å². The van der Waals surface area contributed by atoms with Gasteiger partial charge in [0.25, 0.3) is 5.95 Å².